The van der Waals surface area contributed by atoms with Crippen LogP contribution >= 0.6 is 45.2 Å². The van der Waals surface area contributed by atoms with Crippen molar-refractivity contribution >= 4 is 67.9 Å². The van der Waals surface area contributed by atoms with Gasteiger partial charge in [0.2, 0.25) is 0 Å². The van der Waals surface area contributed by atoms with Crippen molar-refractivity contribution in [1.29, 1.82) is 0 Å². The summed E-state index contributed by atoms with van der Waals surface area (Å²) in [5.74, 6) is 0. The summed E-state index contributed by atoms with van der Waals surface area (Å²) in [4.78, 5) is 10.1. The van der Waals surface area contributed by atoms with E-state index in [-0.39, 0.29) is 0 Å². The lowest BCUT2D eigenvalue weighted by atomic mass is 10.2. The Kier molecular flexibility index (Phi) is 8.97. The maximum Gasteiger partial charge on any atom is 0.0619 e. The van der Waals surface area contributed by atoms with Gasteiger partial charge in [-0.2, -0.15) is 0 Å². The summed E-state index contributed by atoms with van der Waals surface area (Å²) in [5, 5.41) is 7.61. The molecule has 8 nitrogen and oxygen atoms in total. The second-order valence-electron chi connectivity index (χ2n) is 6.20. The van der Waals surface area contributed by atoms with Crippen molar-refractivity contribution in [3.05, 3.63) is 64.4 Å². The first kappa shape index (κ1) is 22.4. The van der Waals surface area contributed by atoms with Crippen LogP contribution in [0.15, 0.2) is 46.6 Å². The van der Waals surface area contributed by atoms with Crippen molar-refractivity contribution in [3.63, 3.8) is 0 Å². The van der Waals surface area contributed by atoms with Gasteiger partial charge in [-0.05, 0) is 105 Å². The fourth-order valence-electron chi connectivity index (χ4n) is 2.83. The third kappa shape index (κ3) is 6.33. The molecule has 0 saturated heterocycles. The van der Waals surface area contributed by atoms with Crippen molar-refractivity contribution < 1.29 is 0 Å². The molecule has 0 N–H and O–H groups in total. The molecule has 0 heterocycles. The number of nitrogens with zero attached hydrogens (tertiary/aromatic N) is 8. The Labute approximate surface area is 191 Å². The largest absolute Gasteiger partial charge is 0.374 e. The average molecular weight is 602 g/mol. The van der Waals surface area contributed by atoms with Crippen LogP contribution in [0.3, 0.4) is 0 Å². The van der Waals surface area contributed by atoms with Gasteiger partial charge in [-0.3, -0.25) is 0 Å². The summed E-state index contributed by atoms with van der Waals surface area (Å²) in [6.45, 7) is 1.69. The lowest BCUT2D eigenvalue weighted by Gasteiger charge is -2.24. The summed E-state index contributed by atoms with van der Waals surface area (Å²) in [6.07, 6.45) is 1.95. The maximum absolute atomic E-state index is 8.78. The minimum Gasteiger partial charge on any atom is -0.374 e. The number of hydrogen-bond donors (Lipinski definition) is 0. The van der Waals surface area contributed by atoms with Gasteiger partial charge >= 0.3 is 0 Å². The van der Waals surface area contributed by atoms with Gasteiger partial charge in [0.25, 0.3) is 0 Å². The van der Waals surface area contributed by atoms with Crippen LogP contribution in [-0.2, 0) is 0 Å². The van der Waals surface area contributed by atoms with Gasteiger partial charge in [0, 0.05) is 55.5 Å². The van der Waals surface area contributed by atoms with Gasteiger partial charge < -0.3 is 9.80 Å². The van der Waals surface area contributed by atoms with E-state index in [1.54, 1.807) is 0 Å². The topological polar surface area (TPSA) is 104 Å². The molecule has 0 saturated carbocycles. The van der Waals surface area contributed by atoms with Crippen LogP contribution < -0.4 is 9.80 Å². The number of benzene rings is 2. The normalized spacial score (nSPS) is 10.0. The highest BCUT2D eigenvalue weighted by atomic mass is 127. The minimum absolute atomic E-state index is 0.645. The molecule has 0 amide bonds. The second-order valence-corrected chi connectivity index (χ2v) is 8.69. The van der Waals surface area contributed by atoms with Crippen molar-refractivity contribution in [2.24, 2.45) is 10.2 Å². The molecular weight excluding hydrogens is 582 g/mol. The monoisotopic (exact) mass is 602 g/mol. The molecule has 146 valence electrons. The van der Waals surface area contributed by atoms with Gasteiger partial charge in [0.15, 0.2) is 0 Å². The SMILES string of the molecule is CN(CCCCN(C)c1ccc(I)cc1N=[N+]=[N-])c1ccc(I)cc1N=[N+]=[N-]. The Hall–Kier alpha value is -1.88. The van der Waals surface area contributed by atoms with Crippen molar-refractivity contribution in [2.45, 2.75) is 12.8 Å². The zero-order chi connectivity index (χ0) is 20.5. The predicted molar refractivity (Wildman–Crippen MR) is 132 cm³/mol. The molecule has 2 aromatic carbocycles. The Morgan fingerprint density at radius 3 is 1.54 bits per heavy atom. The first-order chi connectivity index (χ1) is 13.5. The van der Waals surface area contributed by atoms with E-state index in [9.17, 15) is 0 Å². The molecule has 0 fully saturated rings. The predicted octanol–water partition coefficient (Wildman–Crippen LogP) is 7.13. The Bertz CT molecular complexity index is 844. The highest BCUT2D eigenvalue weighted by molar-refractivity contribution is 14.1. The number of azide groups is 2. The highest BCUT2D eigenvalue weighted by Gasteiger charge is 2.09. The summed E-state index contributed by atoms with van der Waals surface area (Å²) in [7, 11) is 4.00. The van der Waals surface area contributed by atoms with Crippen LogP contribution in [0.1, 0.15) is 12.8 Å². The van der Waals surface area contributed by atoms with E-state index in [1.807, 2.05) is 50.5 Å². The molecule has 0 aliphatic rings. The van der Waals surface area contributed by atoms with E-state index in [0.717, 1.165) is 44.4 Å². The Balaban J connectivity index is 1.94. The van der Waals surface area contributed by atoms with Crippen molar-refractivity contribution in [3.8, 4) is 0 Å². The highest BCUT2D eigenvalue weighted by Crippen LogP contribution is 2.31. The number of halogens is 2. The van der Waals surface area contributed by atoms with E-state index >= 15 is 0 Å². The molecule has 0 aliphatic carbocycles. The second kappa shape index (κ2) is 11.2. The third-order valence-corrected chi connectivity index (χ3v) is 5.58. The fraction of sp³-hybridized carbons (Fsp3) is 0.333. The molecule has 0 unspecified atom stereocenters. The molecule has 28 heavy (non-hydrogen) atoms. The summed E-state index contributed by atoms with van der Waals surface area (Å²) in [6, 6.07) is 11.7. The van der Waals surface area contributed by atoms with Gasteiger partial charge in [0.1, 0.15) is 0 Å². The van der Waals surface area contributed by atoms with Gasteiger partial charge in [-0.25, -0.2) is 0 Å². The van der Waals surface area contributed by atoms with Crippen molar-refractivity contribution in [2.75, 3.05) is 37.0 Å². The molecule has 2 aromatic rings. The van der Waals surface area contributed by atoms with Crippen LogP contribution in [-0.4, -0.2) is 27.2 Å². The molecule has 0 bridgehead atoms. The molecular formula is C18H20I2N8. The first-order valence-corrected chi connectivity index (χ1v) is 10.7. The number of hydrogen-bond acceptors (Lipinski definition) is 4. The summed E-state index contributed by atoms with van der Waals surface area (Å²) >= 11 is 4.41. The van der Waals surface area contributed by atoms with Crippen LogP contribution in [0.2, 0.25) is 0 Å². The minimum atomic E-state index is 0.645. The lowest BCUT2D eigenvalue weighted by molar-refractivity contribution is 0.708. The van der Waals surface area contributed by atoms with Gasteiger partial charge in [-0.15, -0.1) is 0 Å². The zero-order valence-electron chi connectivity index (χ0n) is 15.6. The van der Waals surface area contributed by atoms with E-state index in [0.29, 0.717) is 11.4 Å². The maximum atomic E-state index is 8.78. The van der Waals surface area contributed by atoms with Crippen molar-refractivity contribution in [1.82, 2.24) is 0 Å². The number of unbranched alkanes of at least 4 members (excludes halogenated alkanes) is 1. The molecule has 0 radical (unpaired) electrons. The standard InChI is InChI=1S/C18H20I2N8/c1-27(17-7-5-13(19)11-15(17)23-25-21)9-3-4-10-28(2)18-8-6-14(20)12-16(18)24-26-22/h5-8,11-12H,3-4,9-10H2,1-2H3. The molecule has 10 heteroatoms. The van der Waals surface area contributed by atoms with E-state index < -0.39 is 0 Å². The van der Waals surface area contributed by atoms with E-state index in [1.165, 1.54) is 0 Å². The van der Waals surface area contributed by atoms with Crippen LogP contribution in [0.25, 0.3) is 20.9 Å². The van der Waals surface area contributed by atoms with E-state index in [2.05, 4.69) is 75.0 Å². The summed E-state index contributed by atoms with van der Waals surface area (Å²) in [5.41, 5.74) is 20.7. The van der Waals surface area contributed by atoms with E-state index in [4.69, 9.17) is 11.1 Å². The quantitative estimate of drug-likeness (QED) is 0.100. The zero-order valence-corrected chi connectivity index (χ0v) is 19.9. The third-order valence-electron chi connectivity index (χ3n) is 4.24. The Morgan fingerprint density at radius 1 is 0.786 bits per heavy atom. The van der Waals surface area contributed by atoms with Gasteiger partial charge in [-0.1, -0.05) is 10.2 Å². The molecule has 0 aliphatic heterocycles. The van der Waals surface area contributed by atoms with Crippen LogP contribution in [0.5, 0.6) is 0 Å². The fourth-order valence-corrected chi connectivity index (χ4v) is 3.78. The average Bonchev–Trinajstić information content (AvgIpc) is 2.65. The number of rotatable bonds is 9. The van der Waals surface area contributed by atoms with Crippen LogP contribution in [0, 0.1) is 7.14 Å². The van der Waals surface area contributed by atoms with Gasteiger partial charge in [0.05, 0.1) is 11.4 Å². The number of anilines is 2. The molecule has 0 atom stereocenters. The summed E-state index contributed by atoms with van der Waals surface area (Å²) < 4.78 is 2.07. The smallest absolute Gasteiger partial charge is 0.0619 e. The molecule has 0 aromatic heterocycles. The molecule has 2 rings (SSSR count). The molecule has 0 spiro atoms. The Morgan fingerprint density at radius 2 is 1.18 bits per heavy atom. The lowest BCUT2D eigenvalue weighted by Crippen LogP contribution is -2.22. The first-order valence-electron chi connectivity index (χ1n) is 8.58. The van der Waals surface area contributed by atoms with Crippen LogP contribution in [0.4, 0.5) is 22.7 Å².